The van der Waals surface area contributed by atoms with Crippen LogP contribution in [-0.4, -0.2) is 56.5 Å². The van der Waals surface area contributed by atoms with E-state index in [1.54, 1.807) is 11.8 Å². The number of carbonyl (C=O) groups excluding carboxylic acids is 3. The standard InChI is InChI=1S/C23H32FN3O4S/c1-16(23(30)26-18-6-2-3-7-18)27(20-8-4-5-9-20)22(29)15-32(31)14-21(28)25-19-12-10-17(24)11-13-19/h10-13,16,18,20H,2-9,14-15H2,1H3,(H,25,28)(H,26,30)/t16-,32-/m0/s1. The smallest absolute Gasteiger partial charge is 0.242 e. The van der Waals surface area contributed by atoms with E-state index in [-0.39, 0.29) is 35.4 Å². The van der Waals surface area contributed by atoms with Crippen LogP contribution >= 0.6 is 0 Å². The van der Waals surface area contributed by atoms with E-state index >= 15 is 0 Å². The molecule has 0 heterocycles. The molecule has 7 nitrogen and oxygen atoms in total. The van der Waals surface area contributed by atoms with Gasteiger partial charge in [0.1, 0.15) is 23.4 Å². The second-order valence-corrected chi connectivity index (χ2v) is 10.1. The Kier molecular flexibility index (Phi) is 8.78. The number of amides is 3. The van der Waals surface area contributed by atoms with Gasteiger partial charge in [-0.1, -0.05) is 25.7 Å². The lowest BCUT2D eigenvalue weighted by Gasteiger charge is -2.34. The van der Waals surface area contributed by atoms with Crippen molar-refractivity contribution in [3.05, 3.63) is 30.1 Å². The molecule has 9 heteroatoms. The fraction of sp³-hybridized carbons (Fsp3) is 0.609. The van der Waals surface area contributed by atoms with E-state index in [9.17, 15) is 23.0 Å². The van der Waals surface area contributed by atoms with Gasteiger partial charge in [-0.25, -0.2) is 4.39 Å². The molecule has 0 bridgehead atoms. The first-order valence-electron chi connectivity index (χ1n) is 11.4. The van der Waals surface area contributed by atoms with Gasteiger partial charge in [0, 0.05) is 28.6 Å². The summed E-state index contributed by atoms with van der Waals surface area (Å²) >= 11 is 0. The van der Waals surface area contributed by atoms with Crippen LogP contribution in [0.5, 0.6) is 0 Å². The Morgan fingerprint density at radius 3 is 2.25 bits per heavy atom. The third kappa shape index (κ3) is 6.85. The molecule has 32 heavy (non-hydrogen) atoms. The highest BCUT2D eigenvalue weighted by Crippen LogP contribution is 2.26. The largest absolute Gasteiger partial charge is 0.352 e. The number of hydrogen-bond acceptors (Lipinski definition) is 4. The van der Waals surface area contributed by atoms with Gasteiger partial charge >= 0.3 is 0 Å². The minimum atomic E-state index is -1.72. The highest BCUT2D eigenvalue weighted by atomic mass is 32.2. The van der Waals surface area contributed by atoms with E-state index in [1.165, 1.54) is 24.3 Å². The molecule has 1 aromatic carbocycles. The average Bonchev–Trinajstić information content (AvgIpc) is 3.44. The zero-order valence-electron chi connectivity index (χ0n) is 18.5. The predicted octanol–water partition coefficient (Wildman–Crippen LogP) is 2.73. The summed E-state index contributed by atoms with van der Waals surface area (Å²) in [5.41, 5.74) is 0.393. The van der Waals surface area contributed by atoms with Crippen LogP contribution in [0.4, 0.5) is 10.1 Å². The van der Waals surface area contributed by atoms with Gasteiger partial charge in [-0.05, 0) is 56.9 Å². The third-order valence-electron chi connectivity index (χ3n) is 6.21. The molecule has 0 aromatic heterocycles. The van der Waals surface area contributed by atoms with Crippen molar-refractivity contribution in [3.63, 3.8) is 0 Å². The summed E-state index contributed by atoms with van der Waals surface area (Å²) in [6.45, 7) is 1.73. The van der Waals surface area contributed by atoms with Gasteiger partial charge in [-0.3, -0.25) is 18.6 Å². The van der Waals surface area contributed by atoms with Gasteiger partial charge in [0.2, 0.25) is 17.7 Å². The minimum Gasteiger partial charge on any atom is -0.352 e. The Bertz CT molecular complexity index is 836. The number of nitrogens with zero attached hydrogens (tertiary/aromatic N) is 1. The van der Waals surface area contributed by atoms with Crippen LogP contribution in [0.15, 0.2) is 24.3 Å². The van der Waals surface area contributed by atoms with Crippen molar-refractivity contribution in [2.24, 2.45) is 0 Å². The first-order valence-corrected chi connectivity index (χ1v) is 12.8. The maximum absolute atomic E-state index is 13.1. The van der Waals surface area contributed by atoms with Crippen LogP contribution in [-0.2, 0) is 25.2 Å². The van der Waals surface area contributed by atoms with Crippen molar-refractivity contribution >= 4 is 34.2 Å². The molecule has 0 saturated heterocycles. The Morgan fingerprint density at radius 2 is 1.62 bits per heavy atom. The van der Waals surface area contributed by atoms with Crippen LogP contribution < -0.4 is 10.6 Å². The zero-order chi connectivity index (χ0) is 23.1. The van der Waals surface area contributed by atoms with Crippen molar-refractivity contribution in [2.45, 2.75) is 76.4 Å². The summed E-state index contributed by atoms with van der Waals surface area (Å²) in [7, 11) is -1.72. The molecule has 2 fully saturated rings. The SMILES string of the molecule is C[C@@H](C(=O)NC1CCCC1)N(C(=O)C[S@@](=O)CC(=O)Nc1ccc(F)cc1)C1CCCC1. The van der Waals surface area contributed by atoms with Crippen LogP contribution in [0.2, 0.25) is 0 Å². The molecule has 0 spiro atoms. The van der Waals surface area contributed by atoms with E-state index in [0.29, 0.717) is 5.69 Å². The molecule has 2 aliphatic rings. The molecular formula is C23H32FN3O4S. The maximum atomic E-state index is 13.1. The predicted molar refractivity (Wildman–Crippen MR) is 122 cm³/mol. The second kappa shape index (κ2) is 11.5. The number of halogens is 1. The Morgan fingerprint density at radius 1 is 1.03 bits per heavy atom. The summed E-state index contributed by atoms with van der Waals surface area (Å²) in [4.78, 5) is 39.7. The van der Waals surface area contributed by atoms with E-state index < -0.39 is 28.6 Å². The van der Waals surface area contributed by atoms with Gasteiger partial charge in [-0.2, -0.15) is 0 Å². The molecule has 1 aromatic rings. The lowest BCUT2D eigenvalue weighted by Crippen LogP contribution is -2.54. The monoisotopic (exact) mass is 465 g/mol. The highest BCUT2D eigenvalue weighted by molar-refractivity contribution is 7.86. The Balaban J connectivity index is 1.57. The molecule has 2 aliphatic carbocycles. The third-order valence-corrected chi connectivity index (χ3v) is 7.36. The number of rotatable bonds is 9. The number of anilines is 1. The van der Waals surface area contributed by atoms with Crippen molar-refractivity contribution < 1.29 is 23.0 Å². The van der Waals surface area contributed by atoms with Crippen molar-refractivity contribution in [2.75, 3.05) is 16.8 Å². The van der Waals surface area contributed by atoms with Gasteiger partial charge in [-0.15, -0.1) is 0 Å². The molecule has 2 saturated carbocycles. The summed E-state index contributed by atoms with van der Waals surface area (Å²) in [5, 5.41) is 5.61. The molecule has 176 valence electrons. The van der Waals surface area contributed by atoms with E-state index in [1.807, 2.05) is 0 Å². The van der Waals surface area contributed by atoms with E-state index in [2.05, 4.69) is 10.6 Å². The van der Waals surface area contributed by atoms with Crippen LogP contribution in [0, 0.1) is 5.82 Å². The number of nitrogens with one attached hydrogen (secondary N) is 2. The quantitative estimate of drug-likeness (QED) is 0.586. The number of hydrogen-bond donors (Lipinski definition) is 2. The average molecular weight is 466 g/mol. The normalized spacial score (nSPS) is 18.8. The maximum Gasteiger partial charge on any atom is 0.242 e. The van der Waals surface area contributed by atoms with Gasteiger partial charge in [0.25, 0.3) is 0 Å². The second-order valence-electron chi connectivity index (χ2n) is 8.69. The molecule has 3 amide bonds. The topological polar surface area (TPSA) is 95.6 Å². The molecule has 3 rings (SSSR count). The summed E-state index contributed by atoms with van der Waals surface area (Å²) in [6.07, 6.45) is 7.76. The molecule has 0 aliphatic heterocycles. The number of carbonyl (C=O) groups is 3. The molecule has 2 atom stereocenters. The van der Waals surface area contributed by atoms with Gasteiger partial charge in [0.05, 0.1) is 0 Å². The first-order chi connectivity index (χ1) is 15.3. The minimum absolute atomic E-state index is 0.0446. The number of benzene rings is 1. The Hall–Kier alpha value is -2.29. The lowest BCUT2D eigenvalue weighted by atomic mass is 10.1. The van der Waals surface area contributed by atoms with Gasteiger partial charge < -0.3 is 15.5 Å². The zero-order valence-corrected chi connectivity index (χ0v) is 19.3. The highest BCUT2D eigenvalue weighted by Gasteiger charge is 2.35. The molecular weight excluding hydrogens is 433 g/mol. The van der Waals surface area contributed by atoms with Crippen molar-refractivity contribution in [1.82, 2.24) is 10.2 Å². The summed E-state index contributed by atoms with van der Waals surface area (Å²) in [5.74, 6) is -2.12. The summed E-state index contributed by atoms with van der Waals surface area (Å²) in [6, 6.07) is 4.73. The van der Waals surface area contributed by atoms with E-state index in [0.717, 1.165) is 51.4 Å². The lowest BCUT2D eigenvalue weighted by molar-refractivity contribution is -0.140. The van der Waals surface area contributed by atoms with Gasteiger partial charge in [0.15, 0.2) is 0 Å². The fourth-order valence-electron chi connectivity index (χ4n) is 4.58. The Labute approximate surface area is 191 Å². The molecule has 2 N–H and O–H groups in total. The first kappa shape index (κ1) is 24.4. The summed E-state index contributed by atoms with van der Waals surface area (Å²) < 4.78 is 25.5. The van der Waals surface area contributed by atoms with Crippen LogP contribution in [0.3, 0.4) is 0 Å². The molecule has 0 unspecified atom stereocenters. The van der Waals surface area contributed by atoms with Crippen molar-refractivity contribution in [1.29, 1.82) is 0 Å². The van der Waals surface area contributed by atoms with Crippen LogP contribution in [0.1, 0.15) is 58.3 Å². The van der Waals surface area contributed by atoms with Crippen molar-refractivity contribution in [3.8, 4) is 0 Å². The van der Waals surface area contributed by atoms with E-state index in [4.69, 9.17) is 0 Å². The fourth-order valence-corrected chi connectivity index (χ4v) is 5.47. The molecule has 0 radical (unpaired) electrons. The van der Waals surface area contributed by atoms with Crippen LogP contribution in [0.25, 0.3) is 0 Å².